The summed E-state index contributed by atoms with van der Waals surface area (Å²) in [5.74, 6) is -2.46. The van der Waals surface area contributed by atoms with Crippen LogP contribution >= 0.6 is 0 Å². The summed E-state index contributed by atoms with van der Waals surface area (Å²) in [4.78, 5) is 25.2. The first-order chi connectivity index (χ1) is 11.0. The van der Waals surface area contributed by atoms with Crippen molar-refractivity contribution in [3.8, 4) is 0 Å². The molecule has 0 aliphatic carbocycles. The van der Waals surface area contributed by atoms with E-state index in [1.54, 1.807) is 24.3 Å². The summed E-state index contributed by atoms with van der Waals surface area (Å²) in [6.07, 6.45) is -2.75. The predicted octanol–water partition coefficient (Wildman–Crippen LogP) is 2.17. The van der Waals surface area contributed by atoms with Crippen LogP contribution < -0.4 is 0 Å². The van der Waals surface area contributed by atoms with Crippen LogP contribution in [0.5, 0.6) is 0 Å². The van der Waals surface area contributed by atoms with Gasteiger partial charge in [-0.3, -0.25) is 14.7 Å². The number of aromatic nitrogens is 2. The number of nitrogens with zero attached hydrogens (tertiary/aromatic N) is 2. The second-order valence-electron chi connectivity index (χ2n) is 5.28. The summed E-state index contributed by atoms with van der Waals surface area (Å²) in [5.41, 5.74) is 0.799. The molecule has 2 N–H and O–H groups in total. The Hall–Kier alpha value is -2.77. The van der Waals surface area contributed by atoms with Crippen LogP contribution in [0.1, 0.15) is 39.7 Å². The molecule has 1 atom stereocenters. The van der Waals surface area contributed by atoms with Crippen LogP contribution in [0.25, 0.3) is 0 Å². The normalized spacial score (nSPS) is 17.2. The highest BCUT2D eigenvalue weighted by Crippen LogP contribution is 2.29. The average molecular weight is 321 g/mol. The maximum Gasteiger partial charge on any atom is 0.312 e. The number of hydrogen-bond acceptors (Lipinski definition) is 3. The van der Waals surface area contributed by atoms with Crippen LogP contribution in [0.4, 0.5) is 8.78 Å². The van der Waals surface area contributed by atoms with Crippen LogP contribution in [0.3, 0.4) is 0 Å². The molecule has 0 fully saturated rings. The van der Waals surface area contributed by atoms with Gasteiger partial charge in [-0.25, -0.2) is 8.78 Å². The standard InChI is InChI=1S/C15H13F2N3O3/c16-13(17)11-5-12(19-18-11)14(21)20-6-8-3-1-2-4-9(8)10(7-20)15(22)23/h1-5,10,13H,6-7H2,(H,18,19)(H,22,23). The number of carbonyl (C=O) groups excluding carboxylic acids is 1. The summed E-state index contributed by atoms with van der Waals surface area (Å²) < 4.78 is 25.2. The van der Waals surface area contributed by atoms with Crippen molar-refractivity contribution in [2.45, 2.75) is 18.9 Å². The van der Waals surface area contributed by atoms with Gasteiger partial charge in [0.2, 0.25) is 0 Å². The second-order valence-corrected chi connectivity index (χ2v) is 5.28. The van der Waals surface area contributed by atoms with Crippen molar-refractivity contribution in [2.24, 2.45) is 0 Å². The maximum atomic E-state index is 12.6. The molecular formula is C15H13F2N3O3. The smallest absolute Gasteiger partial charge is 0.312 e. The third-order valence-corrected chi connectivity index (χ3v) is 3.83. The van der Waals surface area contributed by atoms with E-state index in [0.717, 1.165) is 11.6 Å². The number of carbonyl (C=O) groups is 2. The maximum absolute atomic E-state index is 12.6. The summed E-state index contributed by atoms with van der Waals surface area (Å²) in [7, 11) is 0. The molecule has 3 rings (SSSR count). The topological polar surface area (TPSA) is 86.3 Å². The number of aromatic amines is 1. The van der Waals surface area contributed by atoms with Crippen molar-refractivity contribution >= 4 is 11.9 Å². The summed E-state index contributed by atoms with van der Waals surface area (Å²) in [6.45, 7) is 0.192. The minimum absolute atomic E-state index is 0.0257. The number of rotatable bonds is 3. The van der Waals surface area contributed by atoms with Gasteiger partial charge >= 0.3 is 5.97 Å². The number of halogens is 2. The second kappa shape index (κ2) is 5.79. The molecule has 8 heteroatoms. The molecule has 1 aromatic carbocycles. The van der Waals surface area contributed by atoms with Crippen molar-refractivity contribution in [3.05, 3.63) is 52.8 Å². The Kier molecular flexibility index (Phi) is 3.81. The number of benzene rings is 1. The van der Waals surface area contributed by atoms with Crippen molar-refractivity contribution in [1.82, 2.24) is 15.1 Å². The Morgan fingerprint density at radius 1 is 1.35 bits per heavy atom. The van der Waals surface area contributed by atoms with E-state index < -0.39 is 29.9 Å². The van der Waals surface area contributed by atoms with Gasteiger partial charge in [0, 0.05) is 13.1 Å². The predicted molar refractivity (Wildman–Crippen MR) is 75.1 cm³/mol. The number of nitrogens with one attached hydrogen (secondary N) is 1. The molecule has 2 heterocycles. The van der Waals surface area contributed by atoms with E-state index in [-0.39, 0.29) is 18.8 Å². The van der Waals surface area contributed by atoms with Crippen LogP contribution in [-0.2, 0) is 11.3 Å². The third-order valence-electron chi connectivity index (χ3n) is 3.83. The van der Waals surface area contributed by atoms with Crippen LogP contribution in [-0.4, -0.2) is 38.6 Å². The van der Waals surface area contributed by atoms with Crippen molar-refractivity contribution < 1.29 is 23.5 Å². The highest BCUT2D eigenvalue weighted by Gasteiger charge is 2.33. The molecule has 1 aromatic heterocycles. The van der Waals surface area contributed by atoms with Crippen molar-refractivity contribution in [3.63, 3.8) is 0 Å². The molecule has 0 radical (unpaired) electrons. The van der Waals surface area contributed by atoms with Gasteiger partial charge in [0.25, 0.3) is 12.3 Å². The molecule has 23 heavy (non-hydrogen) atoms. The molecule has 1 aliphatic rings. The fourth-order valence-electron chi connectivity index (χ4n) is 2.69. The number of alkyl halides is 2. The number of hydrogen-bond donors (Lipinski definition) is 2. The molecule has 120 valence electrons. The summed E-state index contributed by atoms with van der Waals surface area (Å²) >= 11 is 0. The van der Waals surface area contributed by atoms with Gasteiger partial charge in [0.05, 0.1) is 5.92 Å². The van der Waals surface area contributed by atoms with Gasteiger partial charge in [0.15, 0.2) is 5.69 Å². The molecule has 0 saturated heterocycles. The zero-order valence-electron chi connectivity index (χ0n) is 11.9. The first kappa shape index (κ1) is 15.1. The van der Waals surface area contributed by atoms with E-state index >= 15 is 0 Å². The molecule has 1 amide bonds. The number of carboxylic acid groups (broad SMARTS) is 1. The zero-order valence-corrected chi connectivity index (χ0v) is 11.9. The van der Waals surface area contributed by atoms with E-state index in [0.29, 0.717) is 5.56 Å². The minimum Gasteiger partial charge on any atom is -0.481 e. The van der Waals surface area contributed by atoms with Gasteiger partial charge < -0.3 is 10.0 Å². The molecule has 2 aromatic rings. The number of fused-ring (bicyclic) bond motifs is 1. The van der Waals surface area contributed by atoms with E-state index in [1.807, 2.05) is 0 Å². The van der Waals surface area contributed by atoms with E-state index in [2.05, 4.69) is 10.2 Å². The van der Waals surface area contributed by atoms with Crippen molar-refractivity contribution in [2.75, 3.05) is 6.54 Å². The van der Waals surface area contributed by atoms with E-state index in [4.69, 9.17) is 0 Å². The van der Waals surface area contributed by atoms with Gasteiger partial charge in [-0.05, 0) is 17.2 Å². The van der Waals surface area contributed by atoms with Crippen LogP contribution in [0, 0.1) is 0 Å². The first-order valence-corrected chi connectivity index (χ1v) is 6.90. The first-order valence-electron chi connectivity index (χ1n) is 6.90. The lowest BCUT2D eigenvalue weighted by Gasteiger charge is -2.32. The number of H-pyrrole nitrogens is 1. The Bertz CT molecular complexity index is 760. The van der Waals surface area contributed by atoms with Gasteiger partial charge in [-0.2, -0.15) is 5.10 Å². The third kappa shape index (κ3) is 2.79. The number of aliphatic carboxylic acids is 1. The van der Waals surface area contributed by atoms with E-state index in [9.17, 15) is 23.5 Å². The van der Waals surface area contributed by atoms with Crippen LogP contribution in [0.15, 0.2) is 30.3 Å². The highest BCUT2D eigenvalue weighted by molar-refractivity contribution is 5.93. The Labute approximate surface area is 129 Å². The Balaban J connectivity index is 1.89. The van der Waals surface area contributed by atoms with Gasteiger partial charge in [0.1, 0.15) is 5.69 Å². The number of amides is 1. The molecule has 1 aliphatic heterocycles. The molecule has 6 nitrogen and oxygen atoms in total. The number of carboxylic acids is 1. The molecule has 1 unspecified atom stereocenters. The monoisotopic (exact) mass is 321 g/mol. The van der Waals surface area contributed by atoms with Crippen molar-refractivity contribution in [1.29, 1.82) is 0 Å². The average Bonchev–Trinajstić information content (AvgIpc) is 3.03. The van der Waals surface area contributed by atoms with Crippen LogP contribution in [0.2, 0.25) is 0 Å². The molecular weight excluding hydrogens is 308 g/mol. The lowest BCUT2D eigenvalue weighted by molar-refractivity contribution is -0.139. The Morgan fingerprint density at radius 2 is 2.09 bits per heavy atom. The minimum atomic E-state index is -2.75. The fourth-order valence-corrected chi connectivity index (χ4v) is 2.69. The highest BCUT2D eigenvalue weighted by atomic mass is 19.3. The summed E-state index contributed by atoms with van der Waals surface area (Å²) in [5, 5.41) is 15.1. The SMILES string of the molecule is O=C(O)C1CN(C(=O)c2cc(C(F)F)[nH]n2)Cc2ccccc21. The Morgan fingerprint density at radius 3 is 2.74 bits per heavy atom. The molecule has 0 spiro atoms. The van der Waals surface area contributed by atoms with E-state index in [1.165, 1.54) is 4.90 Å². The van der Waals surface area contributed by atoms with Gasteiger partial charge in [-0.15, -0.1) is 0 Å². The lowest BCUT2D eigenvalue weighted by Crippen LogP contribution is -2.40. The molecule has 0 bridgehead atoms. The van der Waals surface area contributed by atoms with Gasteiger partial charge in [-0.1, -0.05) is 24.3 Å². The quantitative estimate of drug-likeness (QED) is 0.907. The largest absolute Gasteiger partial charge is 0.481 e. The summed E-state index contributed by atoms with van der Waals surface area (Å²) in [6, 6.07) is 7.96. The lowest BCUT2D eigenvalue weighted by atomic mass is 9.89. The molecule has 0 saturated carbocycles. The zero-order chi connectivity index (χ0) is 16.6. The fraction of sp³-hybridized carbons (Fsp3) is 0.267.